The number of halogens is 1. The number of likely N-dealkylation sites (tertiary alicyclic amines) is 2. The van der Waals surface area contributed by atoms with Gasteiger partial charge in [0.1, 0.15) is 11.4 Å². The third-order valence-corrected chi connectivity index (χ3v) is 9.11. The van der Waals surface area contributed by atoms with E-state index in [4.69, 9.17) is 4.74 Å². The summed E-state index contributed by atoms with van der Waals surface area (Å²) >= 11 is 1.42. The second-order valence-corrected chi connectivity index (χ2v) is 13.5. The van der Waals surface area contributed by atoms with Gasteiger partial charge in [-0.25, -0.2) is 13.7 Å². The number of aromatic nitrogens is 3. The lowest BCUT2D eigenvalue weighted by molar-refractivity contribution is 0.0224. The zero-order valence-corrected chi connectivity index (χ0v) is 25.9. The fourth-order valence-corrected chi connectivity index (χ4v) is 7.01. The minimum Gasteiger partial charge on any atom is -0.444 e. The molecule has 228 valence electrons. The summed E-state index contributed by atoms with van der Waals surface area (Å²) in [6.45, 7) is 10.1. The minimum atomic E-state index is -0.594. The maximum absolute atomic E-state index is 15.4. The van der Waals surface area contributed by atoms with Crippen molar-refractivity contribution in [1.29, 1.82) is 0 Å². The molecule has 2 aromatic carbocycles. The lowest BCUT2D eigenvalue weighted by Crippen LogP contribution is -2.36. The van der Waals surface area contributed by atoms with E-state index in [1.165, 1.54) is 36.7 Å². The van der Waals surface area contributed by atoms with Gasteiger partial charge in [-0.1, -0.05) is 23.8 Å². The van der Waals surface area contributed by atoms with Crippen molar-refractivity contribution in [2.75, 3.05) is 32.7 Å². The van der Waals surface area contributed by atoms with Crippen molar-refractivity contribution in [2.24, 2.45) is 0 Å². The number of amides is 2. The van der Waals surface area contributed by atoms with Gasteiger partial charge >= 0.3 is 6.09 Å². The van der Waals surface area contributed by atoms with Crippen molar-refractivity contribution in [1.82, 2.24) is 29.7 Å². The Kier molecular flexibility index (Phi) is 8.37. The molecule has 0 saturated carbocycles. The first kappa shape index (κ1) is 29.5. The maximum Gasteiger partial charge on any atom is 0.410 e. The summed E-state index contributed by atoms with van der Waals surface area (Å²) in [6.07, 6.45) is 6.00. The number of carbonyl (C=O) groups excluding carboxylic acids is 2. The molecule has 0 bridgehead atoms. The first-order valence-corrected chi connectivity index (χ1v) is 16.1. The monoisotopic (exact) mass is 606 g/mol. The Morgan fingerprint density at radius 2 is 1.88 bits per heavy atom. The molecule has 2 fully saturated rings. The van der Waals surface area contributed by atoms with E-state index < -0.39 is 11.4 Å². The molecule has 11 heteroatoms. The smallest absolute Gasteiger partial charge is 0.410 e. The van der Waals surface area contributed by atoms with Gasteiger partial charge in [0.2, 0.25) is 4.96 Å². The Balaban J connectivity index is 1.13. The van der Waals surface area contributed by atoms with E-state index in [9.17, 15) is 9.59 Å². The molecule has 2 aliphatic heterocycles. The lowest BCUT2D eigenvalue weighted by Gasteiger charge is -2.29. The highest BCUT2D eigenvalue weighted by Crippen LogP contribution is 2.35. The molecular formula is C32H39FN6O3S. The van der Waals surface area contributed by atoms with Gasteiger partial charge in [0.05, 0.1) is 21.8 Å². The van der Waals surface area contributed by atoms with Crippen molar-refractivity contribution < 1.29 is 18.7 Å². The molecule has 2 saturated heterocycles. The third kappa shape index (κ3) is 6.52. The van der Waals surface area contributed by atoms with Crippen LogP contribution in [0, 0.1) is 5.82 Å². The SMILES string of the molecule is CC(C)(C)OC(=O)N1CCC[C@H]1c1ccc(-c2nc3sc4cc(C(=O)NCCCN5CCCCC5)ccc4n3n2)c(F)c1. The van der Waals surface area contributed by atoms with Crippen molar-refractivity contribution in [3.05, 3.63) is 53.3 Å². The summed E-state index contributed by atoms with van der Waals surface area (Å²) in [6, 6.07) is 10.3. The Morgan fingerprint density at radius 1 is 1.07 bits per heavy atom. The molecule has 43 heavy (non-hydrogen) atoms. The predicted octanol–water partition coefficient (Wildman–Crippen LogP) is 6.43. The van der Waals surface area contributed by atoms with Crippen LogP contribution in [0.15, 0.2) is 36.4 Å². The van der Waals surface area contributed by atoms with Crippen molar-refractivity contribution >= 4 is 38.5 Å². The van der Waals surface area contributed by atoms with Gasteiger partial charge in [-0.2, -0.15) is 4.98 Å². The number of nitrogens with one attached hydrogen (secondary N) is 1. The van der Waals surface area contributed by atoms with Gasteiger partial charge < -0.3 is 19.9 Å². The number of fused-ring (bicyclic) bond motifs is 3. The molecule has 4 aromatic rings. The van der Waals surface area contributed by atoms with Crippen molar-refractivity contribution in [2.45, 2.75) is 70.9 Å². The Morgan fingerprint density at radius 3 is 2.65 bits per heavy atom. The number of nitrogens with zero attached hydrogens (tertiary/aromatic N) is 5. The minimum absolute atomic E-state index is 0.0881. The quantitative estimate of drug-likeness (QED) is 0.244. The van der Waals surface area contributed by atoms with Crippen LogP contribution in [0.5, 0.6) is 0 Å². The Bertz CT molecular complexity index is 1640. The van der Waals surface area contributed by atoms with Crippen molar-refractivity contribution in [3.8, 4) is 11.4 Å². The molecule has 4 heterocycles. The van der Waals surface area contributed by atoms with Crippen LogP contribution in [0.2, 0.25) is 0 Å². The zero-order valence-electron chi connectivity index (χ0n) is 25.1. The predicted molar refractivity (Wildman–Crippen MR) is 166 cm³/mol. The van der Waals surface area contributed by atoms with E-state index in [1.54, 1.807) is 21.5 Å². The highest BCUT2D eigenvalue weighted by molar-refractivity contribution is 7.23. The average Bonchev–Trinajstić information content (AvgIpc) is 3.70. The van der Waals surface area contributed by atoms with Crippen LogP contribution >= 0.6 is 11.3 Å². The van der Waals surface area contributed by atoms with Crippen LogP contribution in [-0.2, 0) is 4.74 Å². The number of rotatable bonds is 7. The number of carbonyl (C=O) groups is 2. The maximum atomic E-state index is 15.4. The average molecular weight is 607 g/mol. The van der Waals surface area contributed by atoms with E-state index in [2.05, 4.69) is 20.3 Å². The zero-order chi connectivity index (χ0) is 30.1. The molecule has 6 rings (SSSR count). The highest BCUT2D eigenvalue weighted by atomic mass is 32.1. The number of benzene rings is 2. The lowest BCUT2D eigenvalue weighted by atomic mass is 10.0. The number of piperidine rings is 1. The van der Waals surface area contributed by atoms with Gasteiger partial charge in [0, 0.05) is 18.7 Å². The van der Waals surface area contributed by atoms with E-state index in [0.717, 1.165) is 54.7 Å². The van der Waals surface area contributed by atoms with Crippen molar-refractivity contribution in [3.63, 3.8) is 0 Å². The fraction of sp³-hybridized carbons (Fsp3) is 0.500. The van der Waals surface area contributed by atoms with Crippen LogP contribution in [0.3, 0.4) is 0 Å². The summed E-state index contributed by atoms with van der Waals surface area (Å²) in [4.78, 5) is 34.9. The molecule has 0 spiro atoms. The molecule has 1 atom stereocenters. The van der Waals surface area contributed by atoms with E-state index >= 15 is 4.39 Å². The molecule has 0 radical (unpaired) electrons. The Hall–Kier alpha value is -3.57. The standard InChI is InChI=1S/C32H39FN6O3S/c1-32(2,3)42-31(41)38-18-7-9-25(38)21-10-12-23(24(33)19-21)28-35-30-39(36-28)26-13-11-22(20-27(26)43-30)29(40)34-14-8-17-37-15-5-4-6-16-37/h10-13,19-20,25H,4-9,14-18H2,1-3H3,(H,34,40)/t25-/m0/s1. The third-order valence-electron chi connectivity index (χ3n) is 8.11. The summed E-state index contributed by atoms with van der Waals surface area (Å²) in [7, 11) is 0. The molecular weight excluding hydrogens is 567 g/mol. The summed E-state index contributed by atoms with van der Waals surface area (Å²) in [5, 5.41) is 7.65. The number of ether oxygens (including phenoxy) is 1. The van der Waals surface area contributed by atoms with Gasteiger partial charge in [0.15, 0.2) is 5.82 Å². The molecule has 2 aliphatic rings. The first-order valence-electron chi connectivity index (χ1n) is 15.3. The van der Waals surface area contributed by atoms with Gasteiger partial charge in [-0.15, -0.1) is 5.10 Å². The normalized spacial score (nSPS) is 18.0. The summed E-state index contributed by atoms with van der Waals surface area (Å²) in [5.41, 5.74) is 1.85. The second kappa shape index (κ2) is 12.2. The second-order valence-electron chi connectivity index (χ2n) is 12.5. The Labute approximate surface area is 255 Å². The van der Waals surface area contributed by atoms with Gasteiger partial charge in [-0.3, -0.25) is 4.79 Å². The van der Waals surface area contributed by atoms with Gasteiger partial charge in [0.25, 0.3) is 5.91 Å². The summed E-state index contributed by atoms with van der Waals surface area (Å²) in [5.74, 6) is -0.228. The topological polar surface area (TPSA) is 92.1 Å². The first-order chi connectivity index (χ1) is 20.7. The summed E-state index contributed by atoms with van der Waals surface area (Å²) < 4.78 is 23.6. The highest BCUT2D eigenvalue weighted by Gasteiger charge is 2.33. The van der Waals surface area contributed by atoms with Gasteiger partial charge in [-0.05, 0) is 108 Å². The molecule has 0 unspecified atom stereocenters. The number of hydrogen-bond donors (Lipinski definition) is 1. The fourth-order valence-electron chi connectivity index (χ4n) is 6.01. The van der Waals surface area contributed by atoms with E-state index in [0.29, 0.717) is 35.0 Å². The van der Waals surface area contributed by atoms with Crippen LogP contribution in [0.4, 0.5) is 9.18 Å². The van der Waals surface area contributed by atoms with Crippen LogP contribution in [0.1, 0.15) is 81.3 Å². The molecule has 9 nitrogen and oxygen atoms in total. The molecule has 2 amide bonds. The molecule has 2 aromatic heterocycles. The van der Waals surface area contributed by atoms with E-state index in [1.807, 2.05) is 39.0 Å². The van der Waals surface area contributed by atoms with Crippen LogP contribution in [-0.4, -0.2) is 74.7 Å². The number of hydrogen-bond acceptors (Lipinski definition) is 7. The largest absolute Gasteiger partial charge is 0.444 e. The molecule has 1 N–H and O–H groups in total. The van der Waals surface area contributed by atoms with Crippen LogP contribution < -0.4 is 5.32 Å². The number of thiazole rings is 1. The molecule has 0 aliphatic carbocycles. The van der Waals surface area contributed by atoms with E-state index in [-0.39, 0.29) is 18.0 Å². The van der Waals surface area contributed by atoms with Crippen LogP contribution in [0.25, 0.3) is 26.6 Å².